The van der Waals surface area contributed by atoms with Gasteiger partial charge in [0.2, 0.25) is 0 Å². The van der Waals surface area contributed by atoms with E-state index < -0.39 is 23.1 Å². The first-order valence-corrected chi connectivity index (χ1v) is 11.0. The zero-order valence-corrected chi connectivity index (χ0v) is 17.4. The molecule has 28 heavy (non-hydrogen) atoms. The van der Waals surface area contributed by atoms with Crippen LogP contribution in [0.5, 0.6) is 0 Å². The van der Waals surface area contributed by atoms with Gasteiger partial charge in [-0.3, -0.25) is 4.79 Å². The number of hydrogen-bond acceptors (Lipinski definition) is 4. The van der Waals surface area contributed by atoms with Gasteiger partial charge in [-0.05, 0) is 74.2 Å². The second-order valence-electron chi connectivity index (χ2n) is 10.1. The quantitative estimate of drug-likeness (QED) is 0.764. The van der Waals surface area contributed by atoms with Crippen molar-refractivity contribution in [1.82, 2.24) is 0 Å². The van der Waals surface area contributed by atoms with Crippen molar-refractivity contribution in [2.24, 2.45) is 28.6 Å². The van der Waals surface area contributed by atoms with Gasteiger partial charge in [0.1, 0.15) is 0 Å². The number of rotatable bonds is 4. The fourth-order valence-corrected chi connectivity index (χ4v) is 7.60. The molecule has 0 aliphatic heterocycles. The molecule has 5 nitrogen and oxygen atoms in total. The molecular formula is C23H34O5. The number of carbonyl (C=O) groups is 2. The lowest BCUT2D eigenvalue weighted by molar-refractivity contribution is -0.208. The standard InChI is InChI=1S/C23H34O5/c1-4-11-28-23(20(26)27)10-8-17-16-6-5-14-12-15(24)7-9-21(14,2)19(16)18(25)13-22(17,23)3/h12,16-19,25H,4-11,13H2,1-3H3,(H,26,27)/t16-,17-,18?,19-,21-,22-,23?/m0/s1. The predicted octanol–water partition coefficient (Wildman–Crippen LogP) is 3.74. The lowest BCUT2D eigenvalue weighted by Gasteiger charge is -2.60. The smallest absolute Gasteiger partial charge is 0.336 e. The Morgan fingerprint density at radius 2 is 2.00 bits per heavy atom. The van der Waals surface area contributed by atoms with E-state index in [4.69, 9.17) is 4.74 Å². The van der Waals surface area contributed by atoms with Crippen molar-refractivity contribution in [2.45, 2.75) is 83.8 Å². The van der Waals surface area contributed by atoms with E-state index in [0.29, 0.717) is 25.9 Å². The van der Waals surface area contributed by atoms with Crippen LogP contribution in [0, 0.1) is 28.6 Å². The topological polar surface area (TPSA) is 83.8 Å². The van der Waals surface area contributed by atoms with E-state index in [0.717, 1.165) is 32.1 Å². The number of ketones is 1. The number of aliphatic hydroxyl groups excluding tert-OH is 1. The van der Waals surface area contributed by atoms with E-state index in [-0.39, 0.29) is 29.0 Å². The summed E-state index contributed by atoms with van der Waals surface area (Å²) in [4.78, 5) is 24.4. The van der Waals surface area contributed by atoms with E-state index in [9.17, 15) is 19.8 Å². The molecule has 0 aromatic rings. The van der Waals surface area contributed by atoms with E-state index in [2.05, 4.69) is 6.92 Å². The van der Waals surface area contributed by atoms with Crippen molar-refractivity contribution >= 4 is 11.8 Å². The Hall–Kier alpha value is -1.20. The fraction of sp³-hybridized carbons (Fsp3) is 0.826. The van der Waals surface area contributed by atoms with E-state index >= 15 is 0 Å². The fourth-order valence-electron chi connectivity index (χ4n) is 7.60. The molecule has 0 aromatic heterocycles. The number of aliphatic carboxylic acids is 1. The average Bonchev–Trinajstić information content (AvgIpc) is 2.93. The second-order valence-corrected chi connectivity index (χ2v) is 10.1. The number of ether oxygens (including phenoxy) is 1. The maximum Gasteiger partial charge on any atom is 0.336 e. The van der Waals surface area contributed by atoms with Crippen LogP contribution >= 0.6 is 0 Å². The second kappa shape index (κ2) is 6.66. The van der Waals surface area contributed by atoms with Gasteiger partial charge in [-0.1, -0.05) is 26.3 Å². The molecule has 5 heteroatoms. The van der Waals surface area contributed by atoms with E-state index in [1.807, 2.05) is 19.9 Å². The lowest BCUT2D eigenvalue weighted by Crippen LogP contribution is -2.62. The number of hydrogen-bond donors (Lipinski definition) is 2. The van der Waals surface area contributed by atoms with Crippen LogP contribution in [0.25, 0.3) is 0 Å². The third kappa shape index (κ3) is 2.51. The van der Waals surface area contributed by atoms with Gasteiger partial charge >= 0.3 is 5.97 Å². The van der Waals surface area contributed by atoms with Gasteiger partial charge in [0.25, 0.3) is 0 Å². The van der Waals surface area contributed by atoms with Gasteiger partial charge in [-0.2, -0.15) is 0 Å². The average molecular weight is 391 g/mol. The first-order chi connectivity index (χ1) is 13.2. The summed E-state index contributed by atoms with van der Waals surface area (Å²) in [7, 11) is 0. The molecule has 0 saturated heterocycles. The van der Waals surface area contributed by atoms with Crippen molar-refractivity contribution in [2.75, 3.05) is 6.61 Å². The molecule has 0 radical (unpaired) electrons. The van der Waals surface area contributed by atoms with Gasteiger partial charge in [-0.25, -0.2) is 4.79 Å². The SMILES string of the molecule is CCCOC1(C(=O)O)CC[C@H]2[C@@H]3CCC4=CC(=O)CC[C@]4(C)[C@@H]3C(O)C[C@@]21C. The number of aliphatic hydroxyl groups is 1. The Kier molecular flexibility index (Phi) is 4.78. The summed E-state index contributed by atoms with van der Waals surface area (Å²) < 4.78 is 6.08. The summed E-state index contributed by atoms with van der Waals surface area (Å²) in [6.45, 7) is 6.70. The minimum atomic E-state index is -1.20. The normalized spacial score (nSPS) is 47.7. The molecule has 0 aromatic carbocycles. The molecule has 3 fully saturated rings. The number of carbonyl (C=O) groups excluding carboxylic acids is 1. The zero-order valence-electron chi connectivity index (χ0n) is 17.4. The largest absolute Gasteiger partial charge is 0.479 e. The highest BCUT2D eigenvalue weighted by Crippen LogP contribution is 2.68. The van der Waals surface area contributed by atoms with Crippen LogP contribution in [0.3, 0.4) is 0 Å². The van der Waals surface area contributed by atoms with Gasteiger partial charge in [0.05, 0.1) is 6.10 Å². The van der Waals surface area contributed by atoms with Crippen LogP contribution in [0.4, 0.5) is 0 Å². The first-order valence-electron chi connectivity index (χ1n) is 11.0. The van der Waals surface area contributed by atoms with Gasteiger partial charge < -0.3 is 14.9 Å². The van der Waals surface area contributed by atoms with Crippen LogP contribution in [0.1, 0.15) is 72.1 Å². The zero-order chi connectivity index (χ0) is 20.3. The predicted molar refractivity (Wildman–Crippen MR) is 105 cm³/mol. The Labute approximate surface area is 167 Å². The number of allylic oxidation sites excluding steroid dienone is 1. The van der Waals surface area contributed by atoms with Crippen molar-refractivity contribution in [3.63, 3.8) is 0 Å². The maximum absolute atomic E-state index is 12.4. The molecule has 4 aliphatic rings. The molecule has 0 heterocycles. The molecule has 4 aliphatic carbocycles. The maximum atomic E-state index is 12.4. The molecule has 2 N–H and O–H groups in total. The third-order valence-corrected chi connectivity index (χ3v) is 8.91. The summed E-state index contributed by atoms with van der Waals surface area (Å²) in [5.41, 5.74) is -0.691. The highest BCUT2D eigenvalue weighted by molar-refractivity contribution is 5.91. The summed E-state index contributed by atoms with van der Waals surface area (Å²) >= 11 is 0. The molecule has 156 valence electrons. The van der Waals surface area contributed by atoms with Crippen molar-refractivity contribution in [3.8, 4) is 0 Å². The minimum absolute atomic E-state index is 0.106. The molecule has 3 saturated carbocycles. The monoisotopic (exact) mass is 390 g/mol. The Balaban J connectivity index is 1.72. The van der Waals surface area contributed by atoms with Crippen LogP contribution in [0.2, 0.25) is 0 Å². The van der Waals surface area contributed by atoms with Gasteiger partial charge in [-0.15, -0.1) is 0 Å². The van der Waals surface area contributed by atoms with Crippen LogP contribution in [-0.4, -0.2) is 40.3 Å². The Bertz CT molecular complexity index is 714. The summed E-state index contributed by atoms with van der Waals surface area (Å²) in [5.74, 6) is -0.0304. The molecule has 2 unspecified atom stereocenters. The highest BCUT2D eigenvalue weighted by Gasteiger charge is 2.69. The molecule has 0 amide bonds. The molecule has 4 rings (SSSR count). The molecule has 0 bridgehead atoms. The van der Waals surface area contributed by atoms with Crippen LogP contribution < -0.4 is 0 Å². The van der Waals surface area contributed by atoms with Crippen LogP contribution in [-0.2, 0) is 14.3 Å². The summed E-state index contributed by atoms with van der Waals surface area (Å²) in [6.07, 6.45) is 7.06. The van der Waals surface area contributed by atoms with Crippen molar-refractivity contribution < 1.29 is 24.5 Å². The molecule has 0 spiro atoms. The van der Waals surface area contributed by atoms with Crippen LogP contribution in [0.15, 0.2) is 11.6 Å². The third-order valence-electron chi connectivity index (χ3n) is 8.91. The lowest BCUT2D eigenvalue weighted by atomic mass is 9.45. The molecule has 7 atom stereocenters. The summed E-state index contributed by atoms with van der Waals surface area (Å²) in [5, 5.41) is 21.6. The van der Waals surface area contributed by atoms with Gasteiger partial charge in [0.15, 0.2) is 11.4 Å². The number of carboxylic acids is 1. The number of fused-ring (bicyclic) bond motifs is 5. The Morgan fingerprint density at radius 1 is 1.25 bits per heavy atom. The Morgan fingerprint density at radius 3 is 2.68 bits per heavy atom. The van der Waals surface area contributed by atoms with Crippen molar-refractivity contribution in [1.29, 1.82) is 0 Å². The van der Waals surface area contributed by atoms with Gasteiger partial charge in [0, 0.05) is 18.4 Å². The highest BCUT2D eigenvalue weighted by atomic mass is 16.5. The van der Waals surface area contributed by atoms with E-state index in [1.54, 1.807) is 0 Å². The van der Waals surface area contributed by atoms with E-state index in [1.165, 1.54) is 5.57 Å². The van der Waals surface area contributed by atoms with Crippen molar-refractivity contribution in [3.05, 3.63) is 11.6 Å². The molecular weight excluding hydrogens is 356 g/mol. The minimum Gasteiger partial charge on any atom is -0.479 e. The number of carboxylic acid groups (broad SMARTS) is 1. The summed E-state index contributed by atoms with van der Waals surface area (Å²) in [6, 6.07) is 0. The first kappa shape index (κ1) is 20.1.